The third-order valence-corrected chi connectivity index (χ3v) is 7.40. The number of nitrogens with one attached hydrogen (secondary N) is 2. The van der Waals surface area contributed by atoms with Crippen molar-refractivity contribution >= 4 is 43.8 Å². The molecule has 2 heterocycles. The normalized spacial score (nSPS) is 14.5. The third-order valence-electron chi connectivity index (χ3n) is 4.76. The lowest BCUT2D eigenvalue weighted by atomic mass is 10.1. The van der Waals surface area contributed by atoms with Crippen molar-refractivity contribution in [3.63, 3.8) is 0 Å². The number of nitrogens with two attached hydrogens (primary N) is 2. The zero-order chi connectivity index (χ0) is 22.9. The van der Waals surface area contributed by atoms with E-state index in [1.807, 2.05) is 0 Å². The highest BCUT2D eigenvalue weighted by molar-refractivity contribution is 7.91. The van der Waals surface area contributed by atoms with Gasteiger partial charge in [0.1, 0.15) is 0 Å². The van der Waals surface area contributed by atoms with E-state index in [1.165, 1.54) is 52.9 Å². The van der Waals surface area contributed by atoms with Gasteiger partial charge in [-0.1, -0.05) is 12.1 Å². The number of thiazole rings is 1. The Kier molecular flexibility index (Phi) is 5.65. The summed E-state index contributed by atoms with van der Waals surface area (Å²) in [6.45, 7) is -0.00139. The molecule has 1 aliphatic rings. The van der Waals surface area contributed by atoms with Gasteiger partial charge < -0.3 is 16.4 Å². The van der Waals surface area contributed by atoms with Gasteiger partial charge in [-0.05, 0) is 30.3 Å². The van der Waals surface area contributed by atoms with Gasteiger partial charge in [0.2, 0.25) is 15.0 Å². The first-order chi connectivity index (χ1) is 15.3. The molecule has 4 rings (SSSR count). The van der Waals surface area contributed by atoms with E-state index < -0.39 is 21.7 Å². The van der Waals surface area contributed by atoms with Crippen LogP contribution in [0.5, 0.6) is 0 Å². The highest BCUT2D eigenvalue weighted by Crippen LogP contribution is 2.34. The maximum Gasteiger partial charge on any atom is 0.257 e. The van der Waals surface area contributed by atoms with Crippen LogP contribution in [0.2, 0.25) is 0 Å². The Morgan fingerprint density at radius 2 is 2.00 bits per heavy atom. The molecule has 2 amide bonds. The van der Waals surface area contributed by atoms with E-state index in [0.717, 1.165) is 0 Å². The van der Waals surface area contributed by atoms with Crippen molar-refractivity contribution < 1.29 is 18.0 Å². The SMILES string of the molecule is N/C=C(/CNC(=O)c1ccc2c(c1)NC(=O)c1ccccc1S2(=O)=O)N(N)c1nccs1. The second-order valence-electron chi connectivity index (χ2n) is 6.69. The summed E-state index contributed by atoms with van der Waals surface area (Å²) in [6.07, 6.45) is 2.84. The summed E-state index contributed by atoms with van der Waals surface area (Å²) in [5.74, 6) is 4.90. The number of rotatable bonds is 5. The zero-order valence-electron chi connectivity index (χ0n) is 16.5. The Morgan fingerprint density at radius 1 is 1.22 bits per heavy atom. The molecule has 0 radical (unpaired) electrons. The van der Waals surface area contributed by atoms with Crippen LogP contribution < -0.4 is 27.2 Å². The number of benzene rings is 2. The molecule has 3 aromatic rings. The Morgan fingerprint density at radius 3 is 2.72 bits per heavy atom. The Labute approximate surface area is 187 Å². The molecule has 0 aliphatic carbocycles. The molecule has 0 spiro atoms. The van der Waals surface area contributed by atoms with Gasteiger partial charge in [-0.3, -0.25) is 14.6 Å². The summed E-state index contributed by atoms with van der Waals surface area (Å²) in [6, 6.07) is 9.93. The van der Waals surface area contributed by atoms with Crippen LogP contribution in [0.1, 0.15) is 20.7 Å². The number of hydrogen-bond acceptors (Lipinski definition) is 9. The minimum absolute atomic E-state index is 0.00139. The monoisotopic (exact) mass is 470 g/mol. The van der Waals surface area contributed by atoms with Crippen molar-refractivity contribution in [1.82, 2.24) is 10.3 Å². The van der Waals surface area contributed by atoms with Gasteiger partial charge in [0.15, 0.2) is 0 Å². The fourth-order valence-electron chi connectivity index (χ4n) is 3.15. The second kappa shape index (κ2) is 8.42. The average Bonchev–Trinajstić information content (AvgIpc) is 3.31. The second-order valence-corrected chi connectivity index (χ2v) is 9.45. The van der Waals surface area contributed by atoms with Gasteiger partial charge >= 0.3 is 0 Å². The van der Waals surface area contributed by atoms with Gasteiger partial charge in [-0.2, -0.15) is 0 Å². The van der Waals surface area contributed by atoms with Gasteiger partial charge in [-0.15, -0.1) is 11.3 Å². The molecule has 6 N–H and O–H groups in total. The van der Waals surface area contributed by atoms with Crippen molar-refractivity contribution in [1.29, 1.82) is 0 Å². The number of anilines is 2. The van der Waals surface area contributed by atoms with Gasteiger partial charge in [-0.25, -0.2) is 19.2 Å². The number of fused-ring (bicyclic) bond motifs is 2. The molecule has 0 atom stereocenters. The molecule has 0 fully saturated rings. The first-order valence-corrected chi connectivity index (χ1v) is 11.6. The number of carbonyl (C=O) groups is 2. The fraction of sp³-hybridized carbons (Fsp3) is 0.0500. The molecule has 0 bridgehead atoms. The number of aromatic nitrogens is 1. The van der Waals surface area contributed by atoms with Crippen LogP contribution in [-0.4, -0.2) is 31.8 Å². The van der Waals surface area contributed by atoms with Crippen LogP contribution in [0.3, 0.4) is 0 Å². The predicted molar refractivity (Wildman–Crippen MR) is 120 cm³/mol. The quantitative estimate of drug-likeness (QED) is 0.322. The molecule has 32 heavy (non-hydrogen) atoms. The number of hydrogen-bond donors (Lipinski definition) is 4. The highest BCUT2D eigenvalue weighted by Gasteiger charge is 2.31. The molecule has 2 aromatic carbocycles. The van der Waals surface area contributed by atoms with Crippen molar-refractivity contribution in [2.45, 2.75) is 9.79 Å². The van der Waals surface area contributed by atoms with Crippen molar-refractivity contribution in [2.75, 3.05) is 16.9 Å². The van der Waals surface area contributed by atoms with E-state index in [9.17, 15) is 18.0 Å². The van der Waals surface area contributed by atoms with Crippen LogP contribution in [0.25, 0.3) is 0 Å². The van der Waals surface area contributed by atoms with E-state index in [2.05, 4.69) is 15.6 Å². The Hall–Kier alpha value is -3.74. The molecule has 0 saturated heterocycles. The number of sulfone groups is 1. The number of carbonyl (C=O) groups excluding carboxylic acids is 2. The van der Waals surface area contributed by atoms with Crippen LogP contribution >= 0.6 is 11.3 Å². The highest BCUT2D eigenvalue weighted by atomic mass is 32.2. The van der Waals surface area contributed by atoms with Crippen molar-refractivity contribution in [2.24, 2.45) is 11.6 Å². The van der Waals surface area contributed by atoms with E-state index in [1.54, 1.807) is 23.7 Å². The molecule has 1 aromatic heterocycles. The molecular weight excluding hydrogens is 452 g/mol. The third kappa shape index (κ3) is 3.82. The Bertz CT molecular complexity index is 1340. The molecule has 0 unspecified atom stereocenters. The first kappa shape index (κ1) is 21.5. The number of hydrazine groups is 1. The molecular formula is C20H18N6O4S2. The summed E-state index contributed by atoms with van der Waals surface area (Å²) in [7, 11) is -3.95. The lowest BCUT2D eigenvalue weighted by Gasteiger charge is -2.19. The van der Waals surface area contributed by atoms with Crippen molar-refractivity contribution in [3.8, 4) is 0 Å². The minimum Gasteiger partial charge on any atom is -0.403 e. The smallest absolute Gasteiger partial charge is 0.257 e. The summed E-state index contributed by atoms with van der Waals surface area (Å²) in [4.78, 5) is 29.2. The van der Waals surface area contributed by atoms with E-state index in [4.69, 9.17) is 11.6 Å². The summed E-state index contributed by atoms with van der Waals surface area (Å²) < 4.78 is 26.1. The average molecular weight is 471 g/mol. The fourth-order valence-corrected chi connectivity index (χ4v) is 5.34. The Balaban J connectivity index is 1.58. The maximum atomic E-state index is 13.0. The lowest BCUT2D eigenvalue weighted by molar-refractivity contribution is 0.0955. The maximum absolute atomic E-state index is 13.0. The lowest BCUT2D eigenvalue weighted by Crippen LogP contribution is -2.37. The van der Waals surface area contributed by atoms with Gasteiger partial charge in [0.05, 0.1) is 33.3 Å². The molecule has 1 aliphatic heterocycles. The molecule has 12 heteroatoms. The molecule has 164 valence electrons. The van der Waals surface area contributed by atoms with Crippen LogP contribution in [0, 0.1) is 0 Å². The number of nitrogens with zero attached hydrogens (tertiary/aromatic N) is 2. The molecule has 10 nitrogen and oxygen atoms in total. The van der Waals surface area contributed by atoms with E-state index in [0.29, 0.717) is 10.8 Å². The first-order valence-electron chi connectivity index (χ1n) is 9.25. The minimum atomic E-state index is -3.95. The summed E-state index contributed by atoms with van der Waals surface area (Å²) in [5.41, 5.74) is 6.24. The number of amides is 2. The van der Waals surface area contributed by atoms with Crippen LogP contribution in [0.15, 0.2) is 75.7 Å². The summed E-state index contributed by atoms with van der Waals surface area (Å²) >= 11 is 1.30. The topological polar surface area (TPSA) is 161 Å². The van der Waals surface area contributed by atoms with Crippen LogP contribution in [0.4, 0.5) is 10.8 Å². The van der Waals surface area contributed by atoms with E-state index >= 15 is 0 Å². The van der Waals surface area contributed by atoms with Crippen molar-refractivity contribution in [3.05, 3.63) is 77.1 Å². The predicted octanol–water partition coefficient (Wildman–Crippen LogP) is 1.45. The van der Waals surface area contributed by atoms with E-state index in [-0.39, 0.29) is 33.2 Å². The van der Waals surface area contributed by atoms with Gasteiger partial charge in [0, 0.05) is 23.3 Å². The largest absolute Gasteiger partial charge is 0.403 e. The molecule has 0 saturated carbocycles. The summed E-state index contributed by atoms with van der Waals surface area (Å²) in [5, 5.41) is 8.75. The standard InChI is InChI=1S/C20H18N6O4S2/c21-10-13(26(22)20-23-7-8-31-20)11-24-18(27)12-5-6-17-15(9-12)25-19(28)14-3-1-2-4-16(14)32(17,29)30/h1-10H,11,21-22H2,(H,24,27)(H,25,28)/b13-10-. The van der Waals surface area contributed by atoms with Crippen LogP contribution in [-0.2, 0) is 9.84 Å². The zero-order valence-corrected chi connectivity index (χ0v) is 18.1. The van der Waals surface area contributed by atoms with Gasteiger partial charge in [0.25, 0.3) is 11.8 Å².